The van der Waals surface area contributed by atoms with E-state index in [1.807, 2.05) is 4.90 Å². The minimum Gasteiger partial charge on any atom is -0.456 e. The Bertz CT molecular complexity index is 806. The van der Waals surface area contributed by atoms with E-state index in [0.717, 1.165) is 37.8 Å². The molecule has 1 unspecified atom stereocenters. The molecule has 1 aromatic heterocycles. The standard InChI is InChI=1S/C20H24ClN3O4/c1-2-16-5-3-4-12-24(16)18(25)13-27-19(26)11-10-17-22-20(23-28-17)14-6-8-15(21)9-7-14/h6-9,16H,2-5,10-13H2,1H3. The first-order chi connectivity index (χ1) is 13.6. The molecule has 0 spiro atoms. The van der Waals surface area contributed by atoms with E-state index in [1.165, 1.54) is 0 Å². The quantitative estimate of drug-likeness (QED) is 0.653. The molecule has 2 heterocycles. The summed E-state index contributed by atoms with van der Waals surface area (Å²) >= 11 is 5.86. The normalized spacial score (nSPS) is 16.8. The van der Waals surface area contributed by atoms with E-state index < -0.39 is 5.97 Å². The Kier molecular flexibility index (Phi) is 7.03. The summed E-state index contributed by atoms with van der Waals surface area (Å²) < 4.78 is 10.3. The summed E-state index contributed by atoms with van der Waals surface area (Å²) in [5.41, 5.74) is 0.777. The minimum atomic E-state index is -0.454. The van der Waals surface area contributed by atoms with Crippen molar-refractivity contribution in [3.8, 4) is 11.4 Å². The van der Waals surface area contributed by atoms with Gasteiger partial charge in [0.05, 0.1) is 6.42 Å². The molecule has 1 aliphatic rings. The van der Waals surface area contributed by atoms with E-state index in [9.17, 15) is 9.59 Å². The Morgan fingerprint density at radius 1 is 1.29 bits per heavy atom. The summed E-state index contributed by atoms with van der Waals surface area (Å²) in [6.07, 6.45) is 4.42. The lowest BCUT2D eigenvalue weighted by atomic mass is 10.00. The highest BCUT2D eigenvalue weighted by atomic mass is 35.5. The number of nitrogens with zero attached hydrogens (tertiary/aromatic N) is 3. The SMILES string of the molecule is CCC1CCCCN1C(=O)COC(=O)CCc1nc(-c2ccc(Cl)cc2)no1. The van der Waals surface area contributed by atoms with Crippen LogP contribution in [0.3, 0.4) is 0 Å². The molecule has 0 radical (unpaired) electrons. The maximum atomic E-state index is 12.3. The van der Waals surface area contributed by atoms with Crippen LogP contribution in [0.5, 0.6) is 0 Å². The highest BCUT2D eigenvalue weighted by Crippen LogP contribution is 2.20. The fourth-order valence-electron chi connectivity index (χ4n) is 3.33. The number of ether oxygens (including phenoxy) is 1. The van der Waals surface area contributed by atoms with Gasteiger partial charge in [-0.25, -0.2) is 0 Å². The van der Waals surface area contributed by atoms with Gasteiger partial charge in [-0.05, 0) is 49.9 Å². The molecule has 1 aliphatic heterocycles. The van der Waals surface area contributed by atoms with Crippen molar-refractivity contribution in [2.45, 2.75) is 51.5 Å². The zero-order valence-corrected chi connectivity index (χ0v) is 16.7. The number of esters is 1. The van der Waals surface area contributed by atoms with Gasteiger partial charge in [0.25, 0.3) is 5.91 Å². The van der Waals surface area contributed by atoms with Crippen LogP contribution in [-0.2, 0) is 20.7 Å². The second-order valence-corrected chi connectivity index (χ2v) is 7.26. The van der Waals surface area contributed by atoms with E-state index in [1.54, 1.807) is 24.3 Å². The molecule has 0 aliphatic carbocycles. The van der Waals surface area contributed by atoms with E-state index in [-0.39, 0.29) is 31.4 Å². The lowest BCUT2D eigenvalue weighted by Crippen LogP contribution is -2.45. The average molecular weight is 406 g/mol. The summed E-state index contributed by atoms with van der Waals surface area (Å²) in [5, 5.41) is 4.53. The molecule has 28 heavy (non-hydrogen) atoms. The summed E-state index contributed by atoms with van der Waals surface area (Å²) in [7, 11) is 0. The lowest BCUT2D eigenvalue weighted by Gasteiger charge is -2.35. The van der Waals surface area contributed by atoms with Gasteiger partial charge in [-0.3, -0.25) is 9.59 Å². The molecule has 1 amide bonds. The lowest BCUT2D eigenvalue weighted by molar-refractivity contribution is -0.153. The number of halogens is 1. The first-order valence-corrected chi connectivity index (χ1v) is 9.98. The topological polar surface area (TPSA) is 85.5 Å². The third kappa shape index (κ3) is 5.32. The fraction of sp³-hybridized carbons (Fsp3) is 0.500. The molecule has 0 saturated carbocycles. The van der Waals surface area contributed by atoms with Crippen molar-refractivity contribution >= 4 is 23.5 Å². The van der Waals surface area contributed by atoms with Gasteiger partial charge < -0.3 is 14.2 Å². The summed E-state index contributed by atoms with van der Waals surface area (Å²) in [5.74, 6) is 0.202. The van der Waals surface area contributed by atoms with Crippen LogP contribution in [0.25, 0.3) is 11.4 Å². The number of aromatic nitrogens is 2. The van der Waals surface area contributed by atoms with Gasteiger partial charge >= 0.3 is 5.97 Å². The second-order valence-electron chi connectivity index (χ2n) is 6.82. The zero-order valence-electron chi connectivity index (χ0n) is 15.9. The minimum absolute atomic E-state index is 0.0761. The molecule has 2 aromatic rings. The number of carbonyl (C=O) groups excluding carboxylic acids is 2. The summed E-state index contributed by atoms with van der Waals surface area (Å²) in [6, 6.07) is 7.33. The number of hydrogen-bond acceptors (Lipinski definition) is 6. The number of carbonyl (C=O) groups is 2. The van der Waals surface area contributed by atoms with Crippen molar-refractivity contribution in [1.82, 2.24) is 15.0 Å². The maximum Gasteiger partial charge on any atom is 0.306 e. The highest BCUT2D eigenvalue weighted by Gasteiger charge is 2.25. The van der Waals surface area contributed by atoms with Gasteiger partial charge in [0.2, 0.25) is 11.7 Å². The first-order valence-electron chi connectivity index (χ1n) is 9.60. The number of amides is 1. The number of benzene rings is 1. The first kappa shape index (κ1) is 20.3. The van der Waals surface area contributed by atoms with Gasteiger partial charge in [0.1, 0.15) is 0 Å². The summed E-state index contributed by atoms with van der Waals surface area (Å²) in [4.78, 5) is 30.4. The van der Waals surface area contributed by atoms with Crippen molar-refractivity contribution < 1.29 is 18.8 Å². The molecule has 1 saturated heterocycles. The van der Waals surface area contributed by atoms with Gasteiger partial charge in [0.15, 0.2) is 6.61 Å². The Morgan fingerprint density at radius 3 is 2.82 bits per heavy atom. The van der Waals surface area contributed by atoms with Gasteiger partial charge in [-0.15, -0.1) is 0 Å². The monoisotopic (exact) mass is 405 g/mol. The smallest absolute Gasteiger partial charge is 0.306 e. The van der Waals surface area contributed by atoms with Crippen LogP contribution in [0.1, 0.15) is 44.9 Å². The van der Waals surface area contributed by atoms with Crippen molar-refractivity contribution in [3.05, 3.63) is 35.2 Å². The van der Waals surface area contributed by atoms with Crippen LogP contribution in [-0.4, -0.2) is 46.1 Å². The molecular formula is C20H24ClN3O4. The molecular weight excluding hydrogens is 382 g/mol. The Balaban J connectivity index is 1.44. The zero-order chi connectivity index (χ0) is 19.9. The van der Waals surface area contributed by atoms with Gasteiger partial charge in [-0.1, -0.05) is 23.7 Å². The van der Waals surface area contributed by atoms with E-state index in [4.69, 9.17) is 20.9 Å². The van der Waals surface area contributed by atoms with Crippen molar-refractivity contribution in [2.24, 2.45) is 0 Å². The van der Waals surface area contributed by atoms with E-state index >= 15 is 0 Å². The summed E-state index contributed by atoms with van der Waals surface area (Å²) in [6.45, 7) is 2.60. The van der Waals surface area contributed by atoms with Crippen molar-refractivity contribution in [1.29, 1.82) is 0 Å². The molecule has 1 fully saturated rings. The molecule has 1 atom stereocenters. The molecule has 0 bridgehead atoms. The number of rotatable bonds is 7. The van der Waals surface area contributed by atoms with Crippen molar-refractivity contribution in [2.75, 3.05) is 13.2 Å². The van der Waals surface area contributed by atoms with Crippen LogP contribution >= 0.6 is 11.6 Å². The predicted molar refractivity (Wildman–Crippen MR) is 104 cm³/mol. The number of aryl methyl sites for hydroxylation is 1. The Morgan fingerprint density at radius 2 is 2.07 bits per heavy atom. The fourth-order valence-corrected chi connectivity index (χ4v) is 3.46. The van der Waals surface area contributed by atoms with E-state index in [0.29, 0.717) is 16.7 Å². The third-order valence-corrected chi connectivity index (χ3v) is 5.14. The Labute approximate surface area is 169 Å². The van der Waals surface area contributed by atoms with Gasteiger partial charge in [-0.2, -0.15) is 4.98 Å². The molecule has 1 aromatic carbocycles. The van der Waals surface area contributed by atoms with Crippen LogP contribution in [0.15, 0.2) is 28.8 Å². The largest absolute Gasteiger partial charge is 0.456 e. The molecule has 8 heteroatoms. The van der Waals surface area contributed by atoms with Gasteiger partial charge in [0, 0.05) is 29.6 Å². The Hall–Kier alpha value is -2.41. The number of likely N-dealkylation sites (tertiary alicyclic amines) is 1. The highest BCUT2D eigenvalue weighted by molar-refractivity contribution is 6.30. The number of piperidine rings is 1. The average Bonchev–Trinajstić information content (AvgIpc) is 3.20. The molecule has 0 N–H and O–H groups in total. The van der Waals surface area contributed by atoms with Crippen LogP contribution in [0.2, 0.25) is 5.02 Å². The molecule has 7 nitrogen and oxygen atoms in total. The van der Waals surface area contributed by atoms with Crippen molar-refractivity contribution in [3.63, 3.8) is 0 Å². The van der Waals surface area contributed by atoms with Crippen LogP contribution in [0, 0.1) is 0 Å². The van der Waals surface area contributed by atoms with E-state index in [2.05, 4.69) is 17.1 Å². The molecule has 150 valence electrons. The van der Waals surface area contributed by atoms with Crippen LogP contribution in [0.4, 0.5) is 0 Å². The number of hydrogen-bond donors (Lipinski definition) is 0. The second kappa shape index (κ2) is 9.68. The third-order valence-electron chi connectivity index (χ3n) is 4.89. The maximum absolute atomic E-state index is 12.3. The predicted octanol–water partition coefficient (Wildman–Crippen LogP) is 3.66. The van der Waals surface area contributed by atoms with Crippen LogP contribution < -0.4 is 0 Å². The molecule has 3 rings (SSSR count).